The third-order valence-electron chi connectivity index (χ3n) is 9.63. The van der Waals surface area contributed by atoms with E-state index in [1.165, 1.54) is 42.1 Å². The van der Waals surface area contributed by atoms with Crippen molar-refractivity contribution in [3.05, 3.63) is 176 Å². The number of hydrogen-bond donors (Lipinski definition) is 0. The molecule has 0 amide bonds. The number of para-hydroxylation sites is 2. The lowest BCUT2D eigenvalue weighted by atomic mass is 10.0. The van der Waals surface area contributed by atoms with E-state index in [0.29, 0.717) is 0 Å². The smallest absolute Gasteiger partial charge is 0.143 e. The fourth-order valence-corrected chi connectivity index (χ4v) is 8.37. The van der Waals surface area contributed by atoms with E-state index in [-0.39, 0.29) is 0 Å². The highest BCUT2D eigenvalue weighted by atomic mass is 32.1. The lowest BCUT2D eigenvalue weighted by molar-refractivity contribution is 0.670. The van der Waals surface area contributed by atoms with E-state index in [4.69, 9.17) is 4.42 Å². The molecule has 0 spiro atoms. The average molecular weight is 644 g/mol. The molecule has 0 aliphatic heterocycles. The maximum atomic E-state index is 6.40. The van der Waals surface area contributed by atoms with Crippen molar-refractivity contribution >= 4 is 81.3 Å². The van der Waals surface area contributed by atoms with Gasteiger partial charge in [-0.05, 0) is 88.1 Å². The van der Waals surface area contributed by atoms with Crippen molar-refractivity contribution in [1.82, 2.24) is 0 Å². The number of rotatable bonds is 5. The Morgan fingerprint density at radius 2 is 1.06 bits per heavy atom. The van der Waals surface area contributed by atoms with Gasteiger partial charge >= 0.3 is 0 Å². The summed E-state index contributed by atoms with van der Waals surface area (Å²) in [7, 11) is 0. The van der Waals surface area contributed by atoms with Crippen LogP contribution in [0, 0.1) is 0 Å². The molecule has 10 aromatic rings. The summed E-state index contributed by atoms with van der Waals surface area (Å²) in [5.74, 6) is 0. The van der Waals surface area contributed by atoms with Gasteiger partial charge in [0.15, 0.2) is 0 Å². The van der Waals surface area contributed by atoms with Gasteiger partial charge in [0.2, 0.25) is 0 Å². The van der Waals surface area contributed by atoms with Gasteiger partial charge in [0.05, 0.1) is 0 Å². The normalized spacial score (nSPS) is 11.7. The summed E-state index contributed by atoms with van der Waals surface area (Å²) < 4.78 is 9.00. The topological polar surface area (TPSA) is 16.4 Å². The number of hydrogen-bond acceptors (Lipinski definition) is 3. The molecule has 0 bridgehead atoms. The predicted molar refractivity (Wildman–Crippen MR) is 210 cm³/mol. The molecule has 230 valence electrons. The third kappa shape index (κ3) is 4.70. The van der Waals surface area contributed by atoms with Gasteiger partial charge in [-0.2, -0.15) is 0 Å². The minimum Gasteiger partial charge on any atom is -0.455 e. The zero-order chi connectivity index (χ0) is 32.3. The number of benzene rings is 8. The minimum absolute atomic E-state index is 0.912. The summed E-state index contributed by atoms with van der Waals surface area (Å²) in [6.07, 6.45) is 0. The molecule has 2 heterocycles. The molecule has 0 radical (unpaired) electrons. The molecule has 2 aromatic heterocycles. The number of furan rings is 1. The molecule has 0 atom stereocenters. The van der Waals surface area contributed by atoms with E-state index in [1.54, 1.807) is 0 Å². The Hall–Kier alpha value is -6.16. The Balaban J connectivity index is 1.13. The van der Waals surface area contributed by atoms with Crippen molar-refractivity contribution in [2.75, 3.05) is 4.90 Å². The van der Waals surface area contributed by atoms with Crippen LogP contribution in [0.3, 0.4) is 0 Å². The molecular formula is C46H29NOS. The zero-order valence-electron chi connectivity index (χ0n) is 26.5. The fourth-order valence-electron chi connectivity index (χ4n) is 7.26. The Bertz CT molecular complexity index is 2830. The van der Waals surface area contributed by atoms with Crippen LogP contribution in [-0.2, 0) is 0 Å². The average Bonchev–Trinajstić information content (AvgIpc) is 3.72. The first-order valence-corrected chi connectivity index (χ1v) is 17.4. The van der Waals surface area contributed by atoms with E-state index in [9.17, 15) is 0 Å². The highest BCUT2D eigenvalue weighted by Crippen LogP contribution is 2.43. The van der Waals surface area contributed by atoms with Crippen molar-refractivity contribution in [3.8, 4) is 22.3 Å². The summed E-state index contributed by atoms with van der Waals surface area (Å²) in [4.78, 5) is 2.38. The molecule has 0 aliphatic carbocycles. The Morgan fingerprint density at radius 1 is 0.388 bits per heavy atom. The van der Waals surface area contributed by atoms with Crippen LogP contribution in [0.2, 0.25) is 0 Å². The van der Waals surface area contributed by atoms with Crippen LogP contribution >= 0.6 is 11.3 Å². The van der Waals surface area contributed by atoms with Gasteiger partial charge in [0.25, 0.3) is 0 Å². The van der Waals surface area contributed by atoms with Gasteiger partial charge in [-0.15, -0.1) is 11.3 Å². The summed E-state index contributed by atoms with van der Waals surface area (Å²) >= 11 is 1.86. The van der Waals surface area contributed by atoms with E-state index in [0.717, 1.165) is 50.1 Å². The van der Waals surface area contributed by atoms with Gasteiger partial charge in [0, 0.05) is 53.6 Å². The van der Waals surface area contributed by atoms with Crippen LogP contribution in [0.4, 0.5) is 17.1 Å². The van der Waals surface area contributed by atoms with Crippen LogP contribution in [0.15, 0.2) is 180 Å². The van der Waals surface area contributed by atoms with Gasteiger partial charge < -0.3 is 9.32 Å². The highest BCUT2D eigenvalue weighted by molar-refractivity contribution is 7.25. The van der Waals surface area contributed by atoms with Crippen molar-refractivity contribution in [1.29, 1.82) is 0 Å². The van der Waals surface area contributed by atoms with Crippen molar-refractivity contribution in [2.24, 2.45) is 0 Å². The number of fused-ring (bicyclic) bond motifs is 7. The molecule has 8 aromatic carbocycles. The summed E-state index contributed by atoms with van der Waals surface area (Å²) in [5.41, 5.74) is 9.76. The van der Waals surface area contributed by atoms with Gasteiger partial charge in [0.1, 0.15) is 11.2 Å². The van der Waals surface area contributed by atoms with Gasteiger partial charge in [-0.3, -0.25) is 0 Å². The minimum atomic E-state index is 0.912. The lowest BCUT2D eigenvalue weighted by Crippen LogP contribution is -2.10. The molecular weight excluding hydrogens is 615 g/mol. The molecule has 3 heteroatoms. The summed E-state index contributed by atoms with van der Waals surface area (Å²) in [6.45, 7) is 0. The maximum absolute atomic E-state index is 6.40. The van der Waals surface area contributed by atoms with Crippen LogP contribution in [0.25, 0.3) is 75.1 Å². The van der Waals surface area contributed by atoms with E-state index in [2.05, 4.69) is 169 Å². The molecule has 49 heavy (non-hydrogen) atoms. The molecule has 10 rings (SSSR count). The third-order valence-corrected chi connectivity index (χ3v) is 10.8. The second-order valence-corrected chi connectivity index (χ2v) is 13.6. The second kappa shape index (κ2) is 11.2. The standard InChI is InChI=1S/C46H29NOS/c1-2-10-30(11-3-1)32-14-8-15-36(26-32)47(37-24-25-44-42(29-37)41-27-33-12-4-5-13-34(33)28-45(41)49-44)35-22-20-31(21-23-35)38-17-9-18-40-39-16-6-7-19-43(39)48-46(38)40/h1-29H. The lowest BCUT2D eigenvalue weighted by Gasteiger charge is -2.26. The highest BCUT2D eigenvalue weighted by Gasteiger charge is 2.17. The van der Waals surface area contributed by atoms with Crippen LogP contribution < -0.4 is 4.90 Å². The summed E-state index contributed by atoms with van der Waals surface area (Å²) in [5, 5.41) is 7.40. The van der Waals surface area contributed by atoms with E-state index in [1.807, 2.05) is 23.5 Å². The SMILES string of the molecule is c1ccc(-c2cccc(N(c3ccc(-c4cccc5c4oc4ccccc45)cc3)c3ccc4sc5cc6ccccc6cc5c4c3)c2)cc1. The monoisotopic (exact) mass is 643 g/mol. The first kappa shape index (κ1) is 27.9. The predicted octanol–water partition coefficient (Wildman–Crippen LogP) is 13.9. The molecule has 0 N–H and O–H groups in total. The van der Waals surface area contributed by atoms with Crippen LogP contribution in [0.1, 0.15) is 0 Å². The summed E-state index contributed by atoms with van der Waals surface area (Å²) in [6, 6.07) is 63.3. The largest absolute Gasteiger partial charge is 0.455 e. The molecule has 0 saturated carbocycles. The molecule has 2 nitrogen and oxygen atoms in total. The Kier molecular flexibility index (Phi) is 6.39. The second-order valence-electron chi connectivity index (χ2n) is 12.6. The van der Waals surface area contributed by atoms with Crippen molar-refractivity contribution in [2.45, 2.75) is 0 Å². The maximum Gasteiger partial charge on any atom is 0.143 e. The van der Waals surface area contributed by atoms with E-state index >= 15 is 0 Å². The molecule has 0 unspecified atom stereocenters. The molecule has 0 saturated heterocycles. The fraction of sp³-hybridized carbons (Fsp3) is 0. The Morgan fingerprint density at radius 3 is 1.94 bits per heavy atom. The molecule has 0 fully saturated rings. The van der Waals surface area contributed by atoms with Crippen molar-refractivity contribution < 1.29 is 4.42 Å². The van der Waals surface area contributed by atoms with Crippen LogP contribution in [-0.4, -0.2) is 0 Å². The van der Waals surface area contributed by atoms with Crippen LogP contribution in [0.5, 0.6) is 0 Å². The van der Waals surface area contributed by atoms with E-state index < -0.39 is 0 Å². The van der Waals surface area contributed by atoms with Gasteiger partial charge in [-0.25, -0.2) is 0 Å². The molecule has 0 aliphatic rings. The first-order valence-electron chi connectivity index (χ1n) is 16.6. The van der Waals surface area contributed by atoms with Crippen molar-refractivity contribution in [3.63, 3.8) is 0 Å². The van der Waals surface area contributed by atoms with Gasteiger partial charge in [-0.1, -0.05) is 115 Å². The zero-order valence-corrected chi connectivity index (χ0v) is 27.3. The number of anilines is 3. The number of thiophene rings is 1. The number of nitrogens with zero attached hydrogens (tertiary/aromatic N) is 1. The first-order chi connectivity index (χ1) is 24.3. The Labute approximate surface area is 287 Å². The quantitative estimate of drug-likeness (QED) is 0.186.